The summed E-state index contributed by atoms with van der Waals surface area (Å²) in [6.45, 7) is 2.15. The lowest BCUT2D eigenvalue weighted by atomic mass is 10.1. The Hall–Kier alpha value is -1.18. The van der Waals surface area contributed by atoms with E-state index in [0.717, 1.165) is 17.8 Å². The maximum atomic E-state index is 6.01. The monoisotopic (exact) mass is 204 g/mol. The fraction of sp³-hybridized carbons (Fsp3) is 0.538. The van der Waals surface area contributed by atoms with Crippen molar-refractivity contribution in [3.8, 4) is 0 Å². The van der Waals surface area contributed by atoms with Crippen molar-refractivity contribution in [2.75, 3.05) is 11.1 Å². The molecule has 0 aromatic heterocycles. The quantitative estimate of drug-likeness (QED) is 0.742. The lowest BCUT2D eigenvalue weighted by Crippen LogP contribution is -2.15. The van der Waals surface area contributed by atoms with Crippen LogP contribution in [0.3, 0.4) is 0 Å². The van der Waals surface area contributed by atoms with Gasteiger partial charge in [0.15, 0.2) is 0 Å². The smallest absolute Gasteiger partial charge is 0.0576 e. The van der Waals surface area contributed by atoms with Crippen molar-refractivity contribution >= 4 is 11.4 Å². The van der Waals surface area contributed by atoms with E-state index in [1.165, 1.54) is 31.2 Å². The van der Waals surface area contributed by atoms with E-state index in [-0.39, 0.29) is 0 Å². The van der Waals surface area contributed by atoms with Gasteiger partial charge in [-0.3, -0.25) is 0 Å². The SMILES string of the molecule is CCc1ccc(NC2CCCC2)c(N)c1. The van der Waals surface area contributed by atoms with Crippen molar-refractivity contribution in [2.24, 2.45) is 0 Å². The Bertz CT molecular complexity index is 327. The molecule has 2 rings (SSSR count). The van der Waals surface area contributed by atoms with Crippen LogP contribution >= 0.6 is 0 Å². The topological polar surface area (TPSA) is 38.0 Å². The largest absolute Gasteiger partial charge is 0.397 e. The van der Waals surface area contributed by atoms with Gasteiger partial charge in [0.1, 0.15) is 0 Å². The molecule has 2 nitrogen and oxygen atoms in total. The molecule has 0 radical (unpaired) electrons. The fourth-order valence-electron chi connectivity index (χ4n) is 2.25. The van der Waals surface area contributed by atoms with Crippen LogP contribution in [0.5, 0.6) is 0 Å². The van der Waals surface area contributed by atoms with Gasteiger partial charge < -0.3 is 11.1 Å². The third-order valence-corrected chi connectivity index (χ3v) is 3.24. The number of benzene rings is 1. The molecular weight excluding hydrogens is 184 g/mol. The Morgan fingerprint density at radius 2 is 2.07 bits per heavy atom. The van der Waals surface area contributed by atoms with Crippen LogP contribution in [-0.2, 0) is 6.42 Å². The van der Waals surface area contributed by atoms with Crippen LogP contribution in [0.15, 0.2) is 18.2 Å². The molecule has 0 atom stereocenters. The number of anilines is 2. The van der Waals surface area contributed by atoms with Crippen LogP contribution < -0.4 is 11.1 Å². The summed E-state index contributed by atoms with van der Waals surface area (Å²) in [5.41, 5.74) is 9.32. The Labute approximate surface area is 91.9 Å². The van der Waals surface area contributed by atoms with Crippen molar-refractivity contribution in [3.63, 3.8) is 0 Å². The number of nitrogens with two attached hydrogens (primary N) is 1. The molecule has 1 fully saturated rings. The van der Waals surface area contributed by atoms with Crippen LogP contribution in [0.4, 0.5) is 11.4 Å². The fourth-order valence-corrected chi connectivity index (χ4v) is 2.25. The molecule has 1 aliphatic carbocycles. The molecule has 1 aliphatic rings. The third-order valence-electron chi connectivity index (χ3n) is 3.24. The molecule has 0 spiro atoms. The van der Waals surface area contributed by atoms with Crippen molar-refractivity contribution in [1.82, 2.24) is 0 Å². The highest BCUT2D eigenvalue weighted by Gasteiger charge is 2.15. The van der Waals surface area contributed by atoms with Gasteiger partial charge in [-0.25, -0.2) is 0 Å². The van der Waals surface area contributed by atoms with Gasteiger partial charge in [-0.1, -0.05) is 25.8 Å². The van der Waals surface area contributed by atoms with Crippen molar-refractivity contribution in [1.29, 1.82) is 0 Å². The molecule has 82 valence electrons. The summed E-state index contributed by atoms with van der Waals surface area (Å²) in [7, 11) is 0. The summed E-state index contributed by atoms with van der Waals surface area (Å²) >= 11 is 0. The summed E-state index contributed by atoms with van der Waals surface area (Å²) in [6, 6.07) is 7.00. The molecule has 1 aromatic carbocycles. The number of hydrogen-bond acceptors (Lipinski definition) is 2. The Balaban J connectivity index is 2.07. The molecule has 0 saturated heterocycles. The normalized spacial score (nSPS) is 16.9. The van der Waals surface area contributed by atoms with Crippen LogP contribution in [-0.4, -0.2) is 6.04 Å². The Kier molecular flexibility index (Phi) is 3.14. The lowest BCUT2D eigenvalue weighted by molar-refractivity contribution is 0.756. The minimum atomic E-state index is 0.639. The molecule has 0 heterocycles. The molecule has 1 saturated carbocycles. The van der Waals surface area contributed by atoms with Gasteiger partial charge in [0, 0.05) is 6.04 Å². The van der Waals surface area contributed by atoms with E-state index in [0.29, 0.717) is 6.04 Å². The highest BCUT2D eigenvalue weighted by Crippen LogP contribution is 2.26. The summed E-state index contributed by atoms with van der Waals surface area (Å²) in [5.74, 6) is 0. The number of rotatable bonds is 3. The van der Waals surface area contributed by atoms with Crippen LogP contribution in [0.25, 0.3) is 0 Å². The van der Waals surface area contributed by atoms with Gasteiger partial charge in [-0.15, -0.1) is 0 Å². The summed E-state index contributed by atoms with van der Waals surface area (Å²) in [5, 5.41) is 3.54. The van der Waals surface area contributed by atoms with Gasteiger partial charge in [-0.2, -0.15) is 0 Å². The first kappa shape index (κ1) is 10.3. The molecule has 0 bridgehead atoms. The standard InChI is InChI=1S/C13H20N2/c1-2-10-7-8-13(12(14)9-10)15-11-5-3-4-6-11/h7-9,11,15H,2-6,14H2,1H3. The van der Waals surface area contributed by atoms with Gasteiger partial charge in [0.2, 0.25) is 0 Å². The first-order valence-corrected chi connectivity index (χ1v) is 5.94. The van der Waals surface area contributed by atoms with E-state index in [9.17, 15) is 0 Å². The first-order valence-electron chi connectivity index (χ1n) is 5.94. The van der Waals surface area contributed by atoms with E-state index in [4.69, 9.17) is 5.73 Å². The number of hydrogen-bond donors (Lipinski definition) is 2. The molecule has 15 heavy (non-hydrogen) atoms. The minimum absolute atomic E-state index is 0.639. The highest BCUT2D eigenvalue weighted by atomic mass is 14.9. The van der Waals surface area contributed by atoms with E-state index < -0.39 is 0 Å². The zero-order chi connectivity index (χ0) is 10.7. The number of nitrogen functional groups attached to an aromatic ring is 1. The highest BCUT2D eigenvalue weighted by molar-refractivity contribution is 5.67. The van der Waals surface area contributed by atoms with Crippen molar-refractivity contribution in [2.45, 2.75) is 45.1 Å². The van der Waals surface area contributed by atoms with E-state index >= 15 is 0 Å². The van der Waals surface area contributed by atoms with Crippen LogP contribution in [0.1, 0.15) is 38.2 Å². The molecule has 1 aromatic rings. The molecule has 0 amide bonds. The second-order valence-electron chi connectivity index (χ2n) is 4.40. The first-order chi connectivity index (χ1) is 7.29. The van der Waals surface area contributed by atoms with E-state index in [2.05, 4.69) is 30.4 Å². The Morgan fingerprint density at radius 3 is 2.67 bits per heavy atom. The predicted molar refractivity (Wildman–Crippen MR) is 66.1 cm³/mol. The van der Waals surface area contributed by atoms with Gasteiger partial charge in [-0.05, 0) is 37.0 Å². The van der Waals surface area contributed by atoms with Crippen molar-refractivity contribution < 1.29 is 0 Å². The summed E-state index contributed by atoms with van der Waals surface area (Å²) in [4.78, 5) is 0. The summed E-state index contributed by atoms with van der Waals surface area (Å²) < 4.78 is 0. The second-order valence-corrected chi connectivity index (χ2v) is 4.40. The maximum absolute atomic E-state index is 6.01. The van der Waals surface area contributed by atoms with Gasteiger partial charge in [0.05, 0.1) is 11.4 Å². The van der Waals surface area contributed by atoms with Crippen LogP contribution in [0, 0.1) is 0 Å². The van der Waals surface area contributed by atoms with E-state index in [1.54, 1.807) is 0 Å². The van der Waals surface area contributed by atoms with Crippen molar-refractivity contribution in [3.05, 3.63) is 23.8 Å². The molecule has 0 unspecified atom stereocenters. The number of aryl methyl sites for hydroxylation is 1. The molecule has 0 aliphatic heterocycles. The zero-order valence-corrected chi connectivity index (χ0v) is 9.42. The third kappa shape index (κ3) is 2.44. The van der Waals surface area contributed by atoms with Gasteiger partial charge in [0.25, 0.3) is 0 Å². The maximum Gasteiger partial charge on any atom is 0.0576 e. The molecular formula is C13H20N2. The number of nitrogens with one attached hydrogen (secondary N) is 1. The second kappa shape index (κ2) is 4.56. The predicted octanol–water partition coefficient (Wildman–Crippen LogP) is 3.19. The van der Waals surface area contributed by atoms with E-state index in [1.807, 2.05) is 0 Å². The lowest BCUT2D eigenvalue weighted by Gasteiger charge is -2.15. The molecule has 3 N–H and O–H groups in total. The minimum Gasteiger partial charge on any atom is -0.397 e. The molecule has 2 heteroatoms. The Morgan fingerprint density at radius 1 is 1.33 bits per heavy atom. The summed E-state index contributed by atoms with van der Waals surface area (Å²) in [6.07, 6.45) is 6.33. The average molecular weight is 204 g/mol. The zero-order valence-electron chi connectivity index (χ0n) is 9.42. The van der Waals surface area contributed by atoms with Crippen LogP contribution in [0.2, 0.25) is 0 Å². The average Bonchev–Trinajstić information content (AvgIpc) is 2.74. The van der Waals surface area contributed by atoms with Gasteiger partial charge >= 0.3 is 0 Å².